The van der Waals surface area contributed by atoms with Gasteiger partial charge in [0, 0.05) is 16.7 Å². The number of benzene rings is 2. The normalized spacial score (nSPS) is 10.9. The molecular formula is C20H21BrN4O2S. The van der Waals surface area contributed by atoms with Crippen molar-refractivity contribution in [2.75, 3.05) is 11.1 Å². The first kappa shape index (κ1) is 20.4. The lowest BCUT2D eigenvalue weighted by Crippen LogP contribution is -2.15. The summed E-state index contributed by atoms with van der Waals surface area (Å²) in [5.41, 5.74) is 3.61. The van der Waals surface area contributed by atoms with Gasteiger partial charge in [0.25, 0.3) is 0 Å². The van der Waals surface area contributed by atoms with Crippen LogP contribution < -0.4 is 5.32 Å². The molecule has 8 heteroatoms. The highest BCUT2D eigenvalue weighted by Gasteiger charge is 2.17. The van der Waals surface area contributed by atoms with Crippen LogP contribution in [0.1, 0.15) is 18.1 Å². The summed E-state index contributed by atoms with van der Waals surface area (Å²) in [4.78, 5) is 12.4. The zero-order valence-electron chi connectivity index (χ0n) is 15.9. The summed E-state index contributed by atoms with van der Waals surface area (Å²) >= 11 is 4.73. The Hall–Kier alpha value is -2.32. The average molecular weight is 461 g/mol. The number of hydrogen-bond donors (Lipinski definition) is 2. The number of aromatic hydroxyl groups is 1. The zero-order chi connectivity index (χ0) is 20.3. The van der Waals surface area contributed by atoms with Crippen LogP contribution in [0.3, 0.4) is 0 Å². The highest BCUT2D eigenvalue weighted by atomic mass is 79.9. The van der Waals surface area contributed by atoms with Gasteiger partial charge in [-0.3, -0.25) is 4.79 Å². The second-order valence-corrected chi connectivity index (χ2v) is 8.15. The summed E-state index contributed by atoms with van der Waals surface area (Å²) in [6.45, 7) is 6.60. The zero-order valence-corrected chi connectivity index (χ0v) is 18.3. The molecule has 0 bridgehead atoms. The first-order valence-electron chi connectivity index (χ1n) is 8.81. The van der Waals surface area contributed by atoms with Gasteiger partial charge in [-0.2, -0.15) is 0 Å². The van der Waals surface area contributed by atoms with E-state index >= 15 is 0 Å². The molecule has 6 nitrogen and oxygen atoms in total. The molecule has 0 aliphatic rings. The van der Waals surface area contributed by atoms with Crippen LogP contribution >= 0.6 is 27.7 Å². The fourth-order valence-corrected chi connectivity index (χ4v) is 3.93. The van der Waals surface area contributed by atoms with Crippen molar-refractivity contribution >= 4 is 39.3 Å². The van der Waals surface area contributed by atoms with Gasteiger partial charge in [-0.1, -0.05) is 39.8 Å². The predicted molar refractivity (Wildman–Crippen MR) is 116 cm³/mol. The molecule has 3 rings (SSSR count). The maximum absolute atomic E-state index is 12.4. The van der Waals surface area contributed by atoms with Crippen molar-refractivity contribution in [3.05, 3.63) is 52.0 Å². The van der Waals surface area contributed by atoms with Crippen LogP contribution in [0.25, 0.3) is 11.4 Å². The van der Waals surface area contributed by atoms with Gasteiger partial charge in [-0.15, -0.1) is 10.2 Å². The summed E-state index contributed by atoms with van der Waals surface area (Å²) in [6.07, 6.45) is 0. The van der Waals surface area contributed by atoms with Gasteiger partial charge in [0.2, 0.25) is 5.91 Å². The molecule has 1 aromatic heterocycles. The Kier molecular flexibility index (Phi) is 6.41. The van der Waals surface area contributed by atoms with Crippen LogP contribution in [-0.4, -0.2) is 31.5 Å². The van der Waals surface area contributed by atoms with Gasteiger partial charge in [0.15, 0.2) is 11.0 Å². The average Bonchev–Trinajstić information content (AvgIpc) is 3.08. The maximum atomic E-state index is 12.4. The summed E-state index contributed by atoms with van der Waals surface area (Å²) in [7, 11) is 0. The van der Waals surface area contributed by atoms with Gasteiger partial charge in [-0.25, -0.2) is 0 Å². The standard InChI is InChI=1S/C20H21BrN4O2S/c1-4-25-19(15-10-14(21)8-9-17(15)26)23-24-20(25)28-11-18(27)22-16-7-5-6-12(2)13(16)3/h5-10,26H,4,11H2,1-3H3,(H,22,27). The second-order valence-electron chi connectivity index (χ2n) is 6.30. The molecule has 0 aliphatic carbocycles. The number of amides is 1. The molecule has 0 fully saturated rings. The minimum atomic E-state index is -0.101. The molecule has 28 heavy (non-hydrogen) atoms. The number of carbonyl (C=O) groups excluding carboxylic acids is 1. The lowest BCUT2D eigenvalue weighted by molar-refractivity contribution is -0.113. The number of halogens is 1. The van der Waals surface area contributed by atoms with Gasteiger partial charge >= 0.3 is 0 Å². The van der Waals surface area contributed by atoms with Gasteiger partial charge in [0.05, 0.1) is 11.3 Å². The van der Waals surface area contributed by atoms with E-state index in [2.05, 4.69) is 31.4 Å². The molecule has 0 unspecified atom stereocenters. The van der Waals surface area contributed by atoms with E-state index in [4.69, 9.17) is 0 Å². The molecule has 2 aromatic carbocycles. The Bertz CT molecular complexity index is 1020. The molecule has 2 N–H and O–H groups in total. The first-order valence-corrected chi connectivity index (χ1v) is 10.6. The fourth-order valence-electron chi connectivity index (χ4n) is 2.77. The summed E-state index contributed by atoms with van der Waals surface area (Å²) in [6, 6.07) is 11.0. The van der Waals surface area contributed by atoms with E-state index in [1.54, 1.807) is 18.2 Å². The molecular weight excluding hydrogens is 440 g/mol. The number of anilines is 1. The number of nitrogens with one attached hydrogen (secondary N) is 1. The Morgan fingerprint density at radius 2 is 2.04 bits per heavy atom. The van der Waals surface area contributed by atoms with E-state index in [9.17, 15) is 9.90 Å². The van der Waals surface area contributed by atoms with Gasteiger partial charge < -0.3 is 15.0 Å². The number of nitrogens with zero attached hydrogens (tertiary/aromatic N) is 3. The largest absolute Gasteiger partial charge is 0.507 e. The minimum absolute atomic E-state index is 0.101. The molecule has 0 atom stereocenters. The second kappa shape index (κ2) is 8.79. The number of hydrogen-bond acceptors (Lipinski definition) is 5. The molecule has 146 valence electrons. The van der Waals surface area contributed by atoms with Crippen molar-refractivity contribution in [2.24, 2.45) is 0 Å². The summed E-state index contributed by atoms with van der Waals surface area (Å²) < 4.78 is 2.73. The van der Waals surface area contributed by atoms with E-state index in [1.165, 1.54) is 11.8 Å². The van der Waals surface area contributed by atoms with E-state index in [0.29, 0.717) is 23.1 Å². The maximum Gasteiger partial charge on any atom is 0.234 e. The molecule has 3 aromatic rings. The van der Waals surface area contributed by atoms with Crippen LogP contribution in [0.2, 0.25) is 0 Å². The van der Waals surface area contributed by atoms with Crippen molar-refractivity contribution in [3.63, 3.8) is 0 Å². The van der Waals surface area contributed by atoms with E-state index in [0.717, 1.165) is 21.3 Å². The van der Waals surface area contributed by atoms with Crippen LogP contribution in [0.5, 0.6) is 5.75 Å². The van der Waals surface area contributed by atoms with Gasteiger partial charge in [-0.05, 0) is 56.2 Å². The van der Waals surface area contributed by atoms with Crippen LogP contribution in [0.15, 0.2) is 46.0 Å². The van der Waals surface area contributed by atoms with Crippen LogP contribution in [-0.2, 0) is 11.3 Å². The van der Waals surface area contributed by atoms with Crippen LogP contribution in [0.4, 0.5) is 5.69 Å². The lowest BCUT2D eigenvalue weighted by atomic mass is 10.1. The molecule has 0 aliphatic heterocycles. The van der Waals surface area contributed by atoms with Crippen LogP contribution in [0, 0.1) is 13.8 Å². The Balaban J connectivity index is 1.75. The van der Waals surface area contributed by atoms with E-state index < -0.39 is 0 Å². The fraction of sp³-hybridized carbons (Fsp3) is 0.250. The third-order valence-electron chi connectivity index (χ3n) is 4.44. The molecule has 0 radical (unpaired) electrons. The van der Waals surface area contributed by atoms with E-state index in [1.807, 2.05) is 43.5 Å². The Labute approximate surface area is 176 Å². The number of rotatable bonds is 6. The van der Waals surface area contributed by atoms with Crippen molar-refractivity contribution < 1.29 is 9.90 Å². The van der Waals surface area contributed by atoms with Gasteiger partial charge in [0.1, 0.15) is 5.75 Å². The number of aromatic nitrogens is 3. The number of aryl methyl sites for hydroxylation is 1. The topological polar surface area (TPSA) is 80.0 Å². The predicted octanol–water partition coefficient (Wildman–Crippen LogP) is 4.78. The Morgan fingerprint density at radius 3 is 2.79 bits per heavy atom. The quantitative estimate of drug-likeness (QED) is 0.517. The SMILES string of the molecule is CCn1c(SCC(=O)Nc2cccc(C)c2C)nnc1-c1cc(Br)ccc1O. The molecule has 0 saturated heterocycles. The smallest absolute Gasteiger partial charge is 0.234 e. The molecule has 1 amide bonds. The summed E-state index contributed by atoms with van der Waals surface area (Å²) in [5, 5.41) is 22.2. The molecule has 0 spiro atoms. The highest BCUT2D eigenvalue weighted by Crippen LogP contribution is 2.32. The van der Waals surface area contributed by atoms with Crippen molar-refractivity contribution in [2.45, 2.75) is 32.5 Å². The lowest BCUT2D eigenvalue weighted by Gasteiger charge is -2.11. The number of phenols is 1. The third-order valence-corrected chi connectivity index (χ3v) is 5.90. The van der Waals surface area contributed by atoms with Crippen molar-refractivity contribution in [1.29, 1.82) is 0 Å². The summed E-state index contributed by atoms with van der Waals surface area (Å²) in [5.74, 6) is 0.820. The number of thioether (sulfide) groups is 1. The van der Waals surface area contributed by atoms with Crippen molar-refractivity contribution in [1.82, 2.24) is 14.8 Å². The van der Waals surface area contributed by atoms with E-state index in [-0.39, 0.29) is 17.4 Å². The third kappa shape index (κ3) is 4.39. The number of carbonyl (C=O) groups is 1. The molecule has 0 saturated carbocycles. The monoisotopic (exact) mass is 460 g/mol. The minimum Gasteiger partial charge on any atom is -0.507 e. The highest BCUT2D eigenvalue weighted by molar-refractivity contribution is 9.10. The number of phenolic OH excluding ortho intramolecular Hbond substituents is 1. The van der Waals surface area contributed by atoms with Crippen molar-refractivity contribution in [3.8, 4) is 17.1 Å². The Morgan fingerprint density at radius 1 is 1.25 bits per heavy atom. The first-order chi connectivity index (χ1) is 13.4. The molecule has 1 heterocycles.